The summed E-state index contributed by atoms with van der Waals surface area (Å²) in [5, 5.41) is 85.9. The number of ether oxygens (including phenoxy) is 2. The van der Waals surface area contributed by atoms with Crippen LogP contribution >= 0.6 is 0 Å². The van der Waals surface area contributed by atoms with Crippen molar-refractivity contribution < 1.29 is 60.2 Å². The molecule has 0 amide bonds. The molecule has 0 aliphatic carbocycles. The van der Waals surface area contributed by atoms with Gasteiger partial charge in [0, 0.05) is 0 Å². The lowest BCUT2D eigenvalue weighted by Gasteiger charge is -2.42. The summed E-state index contributed by atoms with van der Waals surface area (Å²) in [5.74, 6) is -1.85. The van der Waals surface area contributed by atoms with Crippen LogP contribution in [0.25, 0.3) is 0 Å². The van der Waals surface area contributed by atoms with E-state index in [0.29, 0.717) is 6.92 Å². The van der Waals surface area contributed by atoms with Crippen LogP contribution in [0, 0.1) is 0 Å². The van der Waals surface area contributed by atoms with Crippen LogP contribution in [0.1, 0.15) is 6.92 Å². The van der Waals surface area contributed by atoms with Crippen molar-refractivity contribution in [3.63, 3.8) is 0 Å². The van der Waals surface area contributed by atoms with Gasteiger partial charge in [0.05, 0.1) is 13.2 Å². The summed E-state index contributed by atoms with van der Waals surface area (Å²) in [4.78, 5) is 11.0. The monoisotopic (exact) mass is 372 g/mol. The maximum absolute atomic E-state index is 11.0. The predicted molar refractivity (Wildman–Crippen MR) is 76.0 cm³/mol. The molecule has 1 rings (SSSR count). The molecule has 0 aromatic carbocycles. The molecule has 25 heavy (non-hydrogen) atoms. The van der Waals surface area contributed by atoms with Gasteiger partial charge in [-0.3, -0.25) is 0 Å². The molecule has 1 fully saturated rings. The number of aliphatic hydroxyl groups is 8. The lowest BCUT2D eigenvalue weighted by Crippen LogP contribution is -2.63. The van der Waals surface area contributed by atoms with E-state index in [-0.39, 0.29) is 0 Å². The molecule has 9 N–H and O–H groups in total. The highest BCUT2D eigenvalue weighted by atomic mass is 16.7. The lowest BCUT2D eigenvalue weighted by molar-refractivity contribution is -0.329. The van der Waals surface area contributed by atoms with Gasteiger partial charge >= 0.3 is 5.97 Å². The van der Waals surface area contributed by atoms with E-state index in [4.69, 9.17) is 24.8 Å². The Bertz CT molecular complexity index is 441. The Hall–Kier alpha value is -0.930. The first-order valence-corrected chi connectivity index (χ1v) is 7.37. The highest BCUT2D eigenvalue weighted by Gasteiger charge is 2.50. The first-order chi connectivity index (χ1) is 11.5. The fourth-order valence-electron chi connectivity index (χ4n) is 2.26. The van der Waals surface area contributed by atoms with E-state index < -0.39 is 73.8 Å². The van der Waals surface area contributed by atoms with E-state index >= 15 is 0 Å². The summed E-state index contributed by atoms with van der Waals surface area (Å²) in [7, 11) is 0. The second kappa shape index (κ2) is 8.64. The molecular formula is C13H24O12. The number of hydrogen-bond donors (Lipinski definition) is 9. The summed E-state index contributed by atoms with van der Waals surface area (Å²) in [6.07, 6.45) is -14.7. The Balaban J connectivity index is 3.03. The fourth-order valence-corrected chi connectivity index (χ4v) is 2.26. The summed E-state index contributed by atoms with van der Waals surface area (Å²) in [6, 6.07) is 0. The molecule has 0 spiro atoms. The summed E-state index contributed by atoms with van der Waals surface area (Å²) >= 11 is 0. The molecule has 0 radical (unpaired) electrons. The molecule has 1 heterocycles. The summed E-state index contributed by atoms with van der Waals surface area (Å²) in [6.45, 7) is -1.06. The number of aliphatic hydroxyl groups excluding tert-OH is 7. The van der Waals surface area contributed by atoms with Gasteiger partial charge in [0.2, 0.25) is 0 Å². The number of carbonyl (C=O) groups is 1. The number of aliphatic carboxylic acids is 1. The normalized spacial score (nSPS) is 36.3. The van der Waals surface area contributed by atoms with Gasteiger partial charge in [-0.15, -0.1) is 0 Å². The third-order valence-electron chi connectivity index (χ3n) is 4.03. The number of hydrogen-bond acceptors (Lipinski definition) is 11. The number of rotatable bonds is 8. The molecule has 0 bridgehead atoms. The van der Waals surface area contributed by atoms with E-state index in [1.807, 2.05) is 0 Å². The minimum atomic E-state index is -2.80. The predicted octanol–water partition coefficient (Wildman–Crippen LogP) is -5.28. The number of carboxylic acid groups (broad SMARTS) is 1. The highest BCUT2D eigenvalue weighted by Crippen LogP contribution is 2.26. The number of carboxylic acids is 1. The second-order valence-corrected chi connectivity index (χ2v) is 5.95. The van der Waals surface area contributed by atoms with Crippen LogP contribution in [0.3, 0.4) is 0 Å². The van der Waals surface area contributed by atoms with Crippen LogP contribution in [0.2, 0.25) is 0 Å². The smallest absolute Gasteiger partial charge is 0.338 e. The Morgan fingerprint density at radius 1 is 1.16 bits per heavy atom. The van der Waals surface area contributed by atoms with Crippen molar-refractivity contribution in [2.45, 2.75) is 61.5 Å². The van der Waals surface area contributed by atoms with E-state index in [1.165, 1.54) is 0 Å². The van der Waals surface area contributed by atoms with Gasteiger partial charge in [0.15, 0.2) is 11.9 Å². The Morgan fingerprint density at radius 2 is 1.72 bits per heavy atom. The van der Waals surface area contributed by atoms with Gasteiger partial charge in [-0.2, -0.15) is 0 Å². The maximum atomic E-state index is 11.0. The Morgan fingerprint density at radius 3 is 2.16 bits per heavy atom. The standard InChI is InChI=1S/C13H24O12/c1-13(23,12(21)22)10(20)9(4(16)2-14)25-11-8(19)7(18)6(17)5(3-15)24-11/h4-11,14-20,23H,2-3H2,1H3,(H,21,22)/t4?,5?,6-,7+,8?,9?,10?,11-,13?/m0/s1. The third-order valence-corrected chi connectivity index (χ3v) is 4.03. The van der Waals surface area contributed by atoms with E-state index in [2.05, 4.69) is 0 Å². The molecule has 12 heteroatoms. The van der Waals surface area contributed by atoms with Gasteiger partial charge in [0.1, 0.15) is 42.7 Å². The van der Waals surface area contributed by atoms with Crippen molar-refractivity contribution >= 4 is 5.97 Å². The van der Waals surface area contributed by atoms with Crippen LogP contribution in [0.5, 0.6) is 0 Å². The van der Waals surface area contributed by atoms with Crippen LogP contribution < -0.4 is 0 Å². The largest absolute Gasteiger partial charge is 0.479 e. The van der Waals surface area contributed by atoms with E-state index in [0.717, 1.165) is 0 Å². The molecule has 12 nitrogen and oxygen atoms in total. The van der Waals surface area contributed by atoms with Crippen molar-refractivity contribution in [3.8, 4) is 0 Å². The second-order valence-electron chi connectivity index (χ2n) is 5.95. The molecule has 1 aliphatic rings. The van der Waals surface area contributed by atoms with Crippen LogP contribution in [-0.2, 0) is 14.3 Å². The van der Waals surface area contributed by atoms with Gasteiger partial charge in [0.25, 0.3) is 0 Å². The maximum Gasteiger partial charge on any atom is 0.338 e. The molecule has 0 aromatic rings. The zero-order valence-corrected chi connectivity index (χ0v) is 13.3. The lowest BCUT2D eigenvalue weighted by atomic mass is 9.91. The quantitative estimate of drug-likeness (QED) is 0.195. The first kappa shape index (κ1) is 22.1. The molecule has 0 aromatic heterocycles. The zero-order chi connectivity index (χ0) is 19.5. The molecule has 148 valence electrons. The van der Waals surface area contributed by atoms with Gasteiger partial charge < -0.3 is 55.4 Å². The van der Waals surface area contributed by atoms with Crippen molar-refractivity contribution in [1.82, 2.24) is 0 Å². The molecule has 6 unspecified atom stereocenters. The van der Waals surface area contributed by atoms with Crippen molar-refractivity contribution in [3.05, 3.63) is 0 Å². The average Bonchev–Trinajstić information content (AvgIpc) is 2.57. The van der Waals surface area contributed by atoms with Gasteiger partial charge in [-0.1, -0.05) is 0 Å². The Labute approximate surface area is 142 Å². The summed E-state index contributed by atoms with van der Waals surface area (Å²) < 4.78 is 10.1. The van der Waals surface area contributed by atoms with Crippen molar-refractivity contribution in [2.24, 2.45) is 0 Å². The SMILES string of the molecule is CC(O)(C(=O)O)C(O)C(O[C@@H]1OC(CO)[C@H](O)[C@@H](O)C1O)C(O)CO. The van der Waals surface area contributed by atoms with E-state index in [1.54, 1.807) is 0 Å². The van der Waals surface area contributed by atoms with Gasteiger partial charge in [-0.05, 0) is 6.92 Å². The molecule has 0 saturated carbocycles. The molecule has 1 aliphatic heterocycles. The minimum absolute atomic E-state index is 0.716. The topological polar surface area (TPSA) is 218 Å². The van der Waals surface area contributed by atoms with Crippen LogP contribution in [0.4, 0.5) is 0 Å². The fraction of sp³-hybridized carbons (Fsp3) is 0.923. The Kier molecular flexibility index (Phi) is 7.64. The molecule has 1 saturated heterocycles. The highest BCUT2D eigenvalue weighted by molar-refractivity contribution is 5.77. The van der Waals surface area contributed by atoms with Crippen molar-refractivity contribution in [2.75, 3.05) is 13.2 Å². The van der Waals surface area contributed by atoms with Crippen molar-refractivity contribution in [1.29, 1.82) is 0 Å². The molecule has 9 atom stereocenters. The first-order valence-electron chi connectivity index (χ1n) is 7.37. The minimum Gasteiger partial charge on any atom is -0.479 e. The van der Waals surface area contributed by atoms with Crippen LogP contribution in [-0.4, -0.2) is 120 Å². The summed E-state index contributed by atoms with van der Waals surface area (Å²) in [5.41, 5.74) is -2.80. The average molecular weight is 372 g/mol. The zero-order valence-electron chi connectivity index (χ0n) is 13.3. The molecular weight excluding hydrogens is 348 g/mol. The third kappa shape index (κ3) is 4.62. The van der Waals surface area contributed by atoms with E-state index in [9.17, 15) is 35.4 Å². The van der Waals surface area contributed by atoms with Crippen LogP contribution in [0.15, 0.2) is 0 Å². The van der Waals surface area contributed by atoms with Gasteiger partial charge in [-0.25, -0.2) is 4.79 Å².